The molecule has 0 aliphatic heterocycles. The van der Waals surface area contributed by atoms with Gasteiger partial charge in [-0.05, 0) is 32.2 Å². The SMILES string of the molecule is NC1CCCC(NCCCc2ncc[nH]2)C1. The first kappa shape index (κ1) is 11.6. The molecule has 0 radical (unpaired) electrons. The molecule has 4 heteroatoms. The fourth-order valence-electron chi connectivity index (χ4n) is 2.41. The van der Waals surface area contributed by atoms with E-state index in [2.05, 4.69) is 15.3 Å². The number of rotatable bonds is 5. The number of aromatic nitrogens is 2. The number of hydrogen-bond acceptors (Lipinski definition) is 3. The van der Waals surface area contributed by atoms with E-state index >= 15 is 0 Å². The average molecular weight is 222 g/mol. The van der Waals surface area contributed by atoms with Crippen LogP contribution in [0, 0.1) is 0 Å². The van der Waals surface area contributed by atoms with Gasteiger partial charge in [0.25, 0.3) is 0 Å². The van der Waals surface area contributed by atoms with Crippen LogP contribution in [0.2, 0.25) is 0 Å². The summed E-state index contributed by atoms with van der Waals surface area (Å²) in [4.78, 5) is 7.33. The monoisotopic (exact) mass is 222 g/mol. The fourth-order valence-corrected chi connectivity index (χ4v) is 2.41. The second-order valence-electron chi connectivity index (χ2n) is 4.72. The summed E-state index contributed by atoms with van der Waals surface area (Å²) in [7, 11) is 0. The number of hydrogen-bond donors (Lipinski definition) is 3. The molecule has 2 rings (SSSR count). The van der Waals surface area contributed by atoms with E-state index in [1.54, 1.807) is 0 Å². The number of nitrogens with two attached hydrogens (primary N) is 1. The summed E-state index contributed by atoms with van der Waals surface area (Å²) in [5.74, 6) is 1.09. The molecule has 1 heterocycles. The molecule has 0 bridgehead atoms. The number of H-pyrrole nitrogens is 1. The number of aromatic amines is 1. The first-order valence-electron chi connectivity index (χ1n) is 6.32. The van der Waals surface area contributed by atoms with Gasteiger partial charge in [0.1, 0.15) is 5.82 Å². The summed E-state index contributed by atoms with van der Waals surface area (Å²) in [6, 6.07) is 1.05. The van der Waals surface area contributed by atoms with Crippen molar-refractivity contribution in [3.8, 4) is 0 Å². The standard InChI is InChI=1S/C12H22N4/c13-10-3-1-4-11(9-10)14-6-2-5-12-15-7-8-16-12/h7-8,10-11,14H,1-6,9,13H2,(H,15,16). The largest absolute Gasteiger partial charge is 0.349 e. The van der Waals surface area contributed by atoms with Gasteiger partial charge >= 0.3 is 0 Å². The highest BCUT2D eigenvalue weighted by Gasteiger charge is 2.17. The molecule has 1 fully saturated rings. The Morgan fingerprint density at radius 3 is 3.19 bits per heavy atom. The molecular formula is C12H22N4. The maximum absolute atomic E-state index is 5.95. The molecule has 0 saturated heterocycles. The zero-order valence-corrected chi connectivity index (χ0v) is 9.78. The normalized spacial score (nSPS) is 25.8. The predicted molar refractivity (Wildman–Crippen MR) is 65.1 cm³/mol. The Balaban J connectivity index is 1.57. The van der Waals surface area contributed by atoms with Gasteiger partial charge in [0.05, 0.1) is 0 Å². The van der Waals surface area contributed by atoms with Gasteiger partial charge in [-0.1, -0.05) is 6.42 Å². The van der Waals surface area contributed by atoms with Gasteiger partial charge in [-0.25, -0.2) is 4.98 Å². The minimum absolute atomic E-state index is 0.413. The second kappa shape index (κ2) is 6.01. The van der Waals surface area contributed by atoms with Gasteiger partial charge in [0, 0.05) is 30.9 Å². The van der Waals surface area contributed by atoms with E-state index in [-0.39, 0.29) is 0 Å². The van der Waals surface area contributed by atoms with Crippen molar-refractivity contribution in [1.82, 2.24) is 15.3 Å². The molecule has 0 spiro atoms. The summed E-state index contributed by atoms with van der Waals surface area (Å²) in [6.45, 7) is 1.07. The van der Waals surface area contributed by atoms with Crippen LogP contribution in [-0.2, 0) is 6.42 Å². The van der Waals surface area contributed by atoms with Crippen LogP contribution >= 0.6 is 0 Å². The lowest BCUT2D eigenvalue weighted by Gasteiger charge is -2.27. The van der Waals surface area contributed by atoms with E-state index in [0.717, 1.165) is 31.6 Å². The van der Waals surface area contributed by atoms with Gasteiger partial charge in [-0.2, -0.15) is 0 Å². The zero-order chi connectivity index (χ0) is 11.2. The highest BCUT2D eigenvalue weighted by atomic mass is 14.9. The van der Waals surface area contributed by atoms with Gasteiger partial charge in [-0.3, -0.25) is 0 Å². The third-order valence-corrected chi connectivity index (χ3v) is 3.29. The lowest BCUT2D eigenvalue weighted by Crippen LogP contribution is -2.39. The minimum atomic E-state index is 0.413. The lowest BCUT2D eigenvalue weighted by molar-refractivity contribution is 0.339. The Morgan fingerprint density at radius 1 is 1.50 bits per heavy atom. The van der Waals surface area contributed by atoms with Crippen molar-refractivity contribution in [2.45, 2.75) is 50.6 Å². The molecule has 1 aliphatic carbocycles. The molecular weight excluding hydrogens is 200 g/mol. The molecule has 4 N–H and O–H groups in total. The van der Waals surface area contributed by atoms with E-state index in [0.29, 0.717) is 12.1 Å². The maximum Gasteiger partial charge on any atom is 0.106 e. The van der Waals surface area contributed by atoms with Crippen molar-refractivity contribution in [2.24, 2.45) is 5.73 Å². The highest BCUT2D eigenvalue weighted by Crippen LogP contribution is 2.16. The molecule has 16 heavy (non-hydrogen) atoms. The summed E-state index contributed by atoms with van der Waals surface area (Å²) < 4.78 is 0. The minimum Gasteiger partial charge on any atom is -0.349 e. The first-order valence-corrected chi connectivity index (χ1v) is 6.32. The van der Waals surface area contributed by atoms with Crippen LogP contribution < -0.4 is 11.1 Å². The Kier molecular flexibility index (Phi) is 4.36. The topological polar surface area (TPSA) is 66.7 Å². The molecule has 0 amide bonds. The van der Waals surface area contributed by atoms with Crippen molar-refractivity contribution in [3.63, 3.8) is 0 Å². The Morgan fingerprint density at radius 2 is 2.44 bits per heavy atom. The average Bonchev–Trinajstić information content (AvgIpc) is 2.77. The first-order chi connectivity index (χ1) is 7.84. The lowest BCUT2D eigenvalue weighted by atomic mass is 9.91. The summed E-state index contributed by atoms with van der Waals surface area (Å²) >= 11 is 0. The summed E-state index contributed by atoms with van der Waals surface area (Å²) in [6.07, 6.45) is 10.8. The molecule has 2 atom stereocenters. The molecule has 1 saturated carbocycles. The number of nitrogens with one attached hydrogen (secondary N) is 2. The van der Waals surface area contributed by atoms with Gasteiger partial charge in [0.15, 0.2) is 0 Å². The van der Waals surface area contributed by atoms with E-state index in [1.165, 1.54) is 19.3 Å². The third-order valence-electron chi connectivity index (χ3n) is 3.29. The molecule has 90 valence electrons. The fraction of sp³-hybridized carbons (Fsp3) is 0.750. The molecule has 1 aromatic heterocycles. The molecule has 0 aromatic carbocycles. The van der Waals surface area contributed by atoms with Crippen molar-refractivity contribution in [2.75, 3.05) is 6.54 Å². The highest BCUT2D eigenvalue weighted by molar-refractivity contribution is 4.87. The van der Waals surface area contributed by atoms with Gasteiger partial charge in [0.2, 0.25) is 0 Å². The van der Waals surface area contributed by atoms with E-state index in [9.17, 15) is 0 Å². The van der Waals surface area contributed by atoms with Crippen LogP contribution in [0.4, 0.5) is 0 Å². The van der Waals surface area contributed by atoms with Crippen LogP contribution in [0.5, 0.6) is 0 Å². The zero-order valence-electron chi connectivity index (χ0n) is 9.78. The van der Waals surface area contributed by atoms with Crippen molar-refractivity contribution in [3.05, 3.63) is 18.2 Å². The predicted octanol–water partition coefficient (Wildman–Crippen LogP) is 1.20. The molecule has 1 aromatic rings. The van der Waals surface area contributed by atoms with Crippen LogP contribution in [0.3, 0.4) is 0 Å². The van der Waals surface area contributed by atoms with Crippen LogP contribution in [0.25, 0.3) is 0 Å². The molecule has 2 unspecified atom stereocenters. The van der Waals surface area contributed by atoms with Crippen LogP contribution in [-0.4, -0.2) is 28.6 Å². The molecule has 1 aliphatic rings. The van der Waals surface area contributed by atoms with E-state index in [4.69, 9.17) is 5.73 Å². The molecule has 4 nitrogen and oxygen atoms in total. The summed E-state index contributed by atoms with van der Waals surface area (Å²) in [5.41, 5.74) is 5.95. The third kappa shape index (κ3) is 3.61. The van der Waals surface area contributed by atoms with Crippen molar-refractivity contribution in [1.29, 1.82) is 0 Å². The quantitative estimate of drug-likeness (QED) is 0.656. The number of aryl methyl sites for hydroxylation is 1. The van der Waals surface area contributed by atoms with E-state index in [1.807, 2.05) is 12.4 Å². The smallest absolute Gasteiger partial charge is 0.106 e. The van der Waals surface area contributed by atoms with Gasteiger partial charge < -0.3 is 16.0 Å². The van der Waals surface area contributed by atoms with Crippen molar-refractivity contribution < 1.29 is 0 Å². The Bertz CT molecular complexity index is 283. The second-order valence-corrected chi connectivity index (χ2v) is 4.72. The van der Waals surface area contributed by atoms with Crippen LogP contribution in [0.1, 0.15) is 37.9 Å². The maximum atomic E-state index is 5.95. The Labute approximate surface area is 97.0 Å². The van der Waals surface area contributed by atoms with E-state index < -0.39 is 0 Å². The Hall–Kier alpha value is -0.870. The summed E-state index contributed by atoms with van der Waals surface area (Å²) in [5, 5.41) is 3.59. The van der Waals surface area contributed by atoms with Crippen molar-refractivity contribution >= 4 is 0 Å². The van der Waals surface area contributed by atoms with Crippen LogP contribution in [0.15, 0.2) is 12.4 Å². The number of imidazole rings is 1. The van der Waals surface area contributed by atoms with Gasteiger partial charge in [-0.15, -0.1) is 0 Å². The number of nitrogens with zero attached hydrogens (tertiary/aromatic N) is 1.